The lowest BCUT2D eigenvalue weighted by Gasteiger charge is -2.39. The first-order chi connectivity index (χ1) is 9.45. The number of rotatable bonds is 7. The van der Waals surface area contributed by atoms with E-state index in [0.29, 0.717) is 17.8 Å². The average Bonchev–Trinajstić information content (AvgIpc) is 2.38. The van der Waals surface area contributed by atoms with E-state index in [1.165, 1.54) is 24.8 Å². The molecule has 0 unspecified atom stereocenters. The molecule has 0 saturated heterocycles. The van der Waals surface area contributed by atoms with Gasteiger partial charge in [0.2, 0.25) is 0 Å². The minimum absolute atomic E-state index is 0.256. The molecule has 1 aliphatic rings. The number of aliphatic hydroxyl groups is 1. The van der Waals surface area contributed by atoms with Crippen molar-refractivity contribution < 1.29 is 5.11 Å². The van der Waals surface area contributed by atoms with Gasteiger partial charge in [-0.15, -0.1) is 6.58 Å². The molecular weight excluding hydrogens is 244 g/mol. The zero-order valence-electron chi connectivity index (χ0n) is 13.9. The molecule has 1 N–H and O–H groups in total. The fourth-order valence-corrected chi connectivity index (χ4v) is 3.69. The summed E-state index contributed by atoms with van der Waals surface area (Å²) in [6.45, 7) is 12.9. The Morgan fingerprint density at radius 3 is 2.60 bits per heavy atom. The van der Waals surface area contributed by atoms with Crippen molar-refractivity contribution >= 4 is 0 Å². The van der Waals surface area contributed by atoms with E-state index in [0.717, 1.165) is 25.2 Å². The van der Waals surface area contributed by atoms with Gasteiger partial charge in [-0.05, 0) is 62.7 Å². The van der Waals surface area contributed by atoms with Crippen molar-refractivity contribution in [3.05, 3.63) is 24.3 Å². The summed E-state index contributed by atoms with van der Waals surface area (Å²) in [6.07, 6.45) is 10.9. The molecule has 20 heavy (non-hydrogen) atoms. The zero-order chi connectivity index (χ0) is 15.1. The second kappa shape index (κ2) is 8.67. The summed E-state index contributed by atoms with van der Waals surface area (Å²) in [5, 5.41) is 10.6. The van der Waals surface area contributed by atoms with E-state index in [1.54, 1.807) is 0 Å². The van der Waals surface area contributed by atoms with E-state index in [9.17, 15) is 5.11 Å². The van der Waals surface area contributed by atoms with Crippen molar-refractivity contribution in [1.29, 1.82) is 0 Å². The Morgan fingerprint density at radius 2 is 2.00 bits per heavy atom. The van der Waals surface area contributed by atoms with E-state index in [2.05, 4.69) is 40.3 Å². The Balaban J connectivity index is 2.63. The average molecular weight is 278 g/mol. The van der Waals surface area contributed by atoms with Crippen molar-refractivity contribution in [3.8, 4) is 0 Å². The van der Waals surface area contributed by atoms with E-state index in [4.69, 9.17) is 0 Å². The van der Waals surface area contributed by atoms with Crippen LogP contribution in [0.3, 0.4) is 0 Å². The summed E-state index contributed by atoms with van der Waals surface area (Å²) in [6, 6.07) is 0. The van der Waals surface area contributed by atoms with Crippen LogP contribution in [0.4, 0.5) is 0 Å². The summed E-state index contributed by atoms with van der Waals surface area (Å²) in [4.78, 5) is 0. The molecule has 1 rings (SSSR count). The molecule has 1 saturated carbocycles. The van der Waals surface area contributed by atoms with Crippen LogP contribution in [0.2, 0.25) is 0 Å². The largest absolute Gasteiger partial charge is 0.389 e. The molecule has 1 fully saturated rings. The van der Waals surface area contributed by atoms with Gasteiger partial charge in [0.25, 0.3) is 0 Å². The van der Waals surface area contributed by atoms with Crippen molar-refractivity contribution in [2.45, 2.75) is 72.3 Å². The van der Waals surface area contributed by atoms with E-state index in [-0.39, 0.29) is 6.10 Å². The van der Waals surface area contributed by atoms with Crippen LogP contribution in [0.25, 0.3) is 0 Å². The molecule has 0 heterocycles. The number of hydrogen-bond acceptors (Lipinski definition) is 1. The third kappa shape index (κ3) is 5.44. The maximum Gasteiger partial charge on any atom is 0.0754 e. The van der Waals surface area contributed by atoms with Crippen LogP contribution in [-0.2, 0) is 0 Å². The van der Waals surface area contributed by atoms with Gasteiger partial charge in [0.05, 0.1) is 6.10 Å². The Morgan fingerprint density at radius 1 is 1.30 bits per heavy atom. The van der Waals surface area contributed by atoms with Crippen LogP contribution in [0.5, 0.6) is 0 Å². The summed E-state index contributed by atoms with van der Waals surface area (Å²) in [5.74, 6) is 2.57. The topological polar surface area (TPSA) is 20.2 Å². The van der Waals surface area contributed by atoms with E-state index < -0.39 is 0 Å². The van der Waals surface area contributed by atoms with Crippen LogP contribution in [-0.4, -0.2) is 11.2 Å². The Kier molecular flexibility index (Phi) is 7.58. The highest BCUT2D eigenvalue weighted by Gasteiger charge is 2.34. The van der Waals surface area contributed by atoms with Crippen molar-refractivity contribution in [1.82, 2.24) is 0 Å². The highest BCUT2D eigenvalue weighted by Crippen LogP contribution is 2.40. The van der Waals surface area contributed by atoms with Crippen molar-refractivity contribution in [3.63, 3.8) is 0 Å². The quantitative estimate of drug-likeness (QED) is 0.491. The summed E-state index contributed by atoms with van der Waals surface area (Å²) < 4.78 is 0. The molecule has 1 heteroatoms. The minimum Gasteiger partial charge on any atom is -0.389 e. The van der Waals surface area contributed by atoms with Gasteiger partial charge in [0.1, 0.15) is 0 Å². The van der Waals surface area contributed by atoms with Crippen LogP contribution < -0.4 is 0 Å². The summed E-state index contributed by atoms with van der Waals surface area (Å²) in [7, 11) is 0. The van der Waals surface area contributed by atoms with E-state index >= 15 is 0 Å². The second-order valence-electron chi connectivity index (χ2n) is 7.17. The lowest BCUT2D eigenvalue weighted by atomic mass is 9.68. The standard InChI is InChI=1S/C19H34O/c1-6-7-8-9-15(4)13-19(20)18-12-16(5)10-11-17(18)14(2)3/h6,13-14,16-20H,1,7-12H2,2-5H3/b15-13+/t16-,17+,18-,19-/m1/s1. The highest BCUT2D eigenvalue weighted by molar-refractivity contribution is 5.05. The summed E-state index contributed by atoms with van der Waals surface area (Å²) >= 11 is 0. The molecule has 0 amide bonds. The fraction of sp³-hybridized carbons (Fsp3) is 0.789. The SMILES string of the molecule is C=CCCC/C(C)=C/[C@@H](O)[C@@H]1C[C@H](C)CC[C@H]1C(C)C. The molecule has 0 aromatic carbocycles. The van der Waals surface area contributed by atoms with Gasteiger partial charge >= 0.3 is 0 Å². The Hall–Kier alpha value is -0.560. The van der Waals surface area contributed by atoms with Crippen LogP contribution in [0, 0.1) is 23.7 Å². The lowest BCUT2D eigenvalue weighted by Crippen LogP contribution is -2.35. The van der Waals surface area contributed by atoms with Gasteiger partial charge in [-0.25, -0.2) is 0 Å². The van der Waals surface area contributed by atoms with Gasteiger partial charge < -0.3 is 5.11 Å². The molecule has 0 aromatic rings. The fourth-order valence-electron chi connectivity index (χ4n) is 3.69. The normalized spacial score (nSPS) is 29.5. The molecule has 1 nitrogen and oxygen atoms in total. The lowest BCUT2D eigenvalue weighted by molar-refractivity contribution is 0.0422. The van der Waals surface area contributed by atoms with Crippen molar-refractivity contribution in [2.24, 2.45) is 23.7 Å². The van der Waals surface area contributed by atoms with Gasteiger partial charge in [0.15, 0.2) is 0 Å². The van der Waals surface area contributed by atoms with Crippen molar-refractivity contribution in [2.75, 3.05) is 0 Å². The molecule has 1 aliphatic carbocycles. The van der Waals surface area contributed by atoms with Gasteiger partial charge in [-0.2, -0.15) is 0 Å². The maximum atomic E-state index is 10.6. The molecule has 0 spiro atoms. The van der Waals surface area contributed by atoms with E-state index in [1.807, 2.05) is 6.08 Å². The molecule has 4 atom stereocenters. The Bertz CT molecular complexity index is 316. The third-order valence-electron chi connectivity index (χ3n) is 4.95. The number of aliphatic hydroxyl groups excluding tert-OH is 1. The number of unbranched alkanes of at least 4 members (excludes halogenated alkanes) is 1. The monoisotopic (exact) mass is 278 g/mol. The smallest absolute Gasteiger partial charge is 0.0754 e. The highest BCUT2D eigenvalue weighted by atomic mass is 16.3. The zero-order valence-corrected chi connectivity index (χ0v) is 13.9. The first-order valence-electron chi connectivity index (χ1n) is 8.42. The van der Waals surface area contributed by atoms with Crippen LogP contribution in [0.1, 0.15) is 66.2 Å². The third-order valence-corrected chi connectivity index (χ3v) is 4.95. The van der Waals surface area contributed by atoms with Crippen LogP contribution >= 0.6 is 0 Å². The molecule has 116 valence electrons. The summed E-state index contributed by atoms with van der Waals surface area (Å²) in [5.41, 5.74) is 1.33. The minimum atomic E-state index is -0.256. The molecule has 0 bridgehead atoms. The first-order valence-corrected chi connectivity index (χ1v) is 8.42. The number of allylic oxidation sites excluding steroid dienone is 2. The molecule has 0 aromatic heterocycles. The van der Waals surface area contributed by atoms with Gasteiger partial charge in [-0.3, -0.25) is 0 Å². The maximum absolute atomic E-state index is 10.6. The van der Waals surface area contributed by atoms with Gasteiger partial charge in [0, 0.05) is 0 Å². The second-order valence-corrected chi connectivity index (χ2v) is 7.17. The van der Waals surface area contributed by atoms with Crippen LogP contribution in [0.15, 0.2) is 24.3 Å². The molecular formula is C19H34O. The Labute approximate surface area is 126 Å². The number of hydrogen-bond donors (Lipinski definition) is 1. The first kappa shape index (κ1) is 17.5. The molecule has 0 radical (unpaired) electrons. The van der Waals surface area contributed by atoms with Gasteiger partial charge in [-0.1, -0.05) is 44.9 Å². The predicted octanol–water partition coefficient (Wildman–Crippen LogP) is 5.36. The molecule has 0 aliphatic heterocycles. The predicted molar refractivity (Wildman–Crippen MR) is 88.6 cm³/mol.